The number of hydrogen-bond donors (Lipinski definition) is 0. The Bertz CT molecular complexity index is 2040. The topological polar surface area (TPSA) is 112 Å². The Morgan fingerprint density at radius 1 is 1.07 bits per heavy atom. The summed E-state index contributed by atoms with van der Waals surface area (Å²) in [5.41, 5.74) is 3.41. The van der Waals surface area contributed by atoms with Crippen molar-refractivity contribution in [2.75, 3.05) is 20.8 Å². The van der Waals surface area contributed by atoms with Gasteiger partial charge < -0.3 is 18.9 Å². The number of nitrogens with zero attached hydrogens (tertiary/aromatic N) is 3. The maximum atomic E-state index is 14.1. The highest BCUT2D eigenvalue weighted by Crippen LogP contribution is 2.36. The SMILES string of the molecule is CCCC1=C(C(=O)OCC)[C@@H](c2ccc(OC)c(Br)c2)n2c(s/c(=C/c3ccc(OCc4ccccc4C#N)c(OC)c3)c2=O)=N1. The number of halogens is 1. The lowest BCUT2D eigenvalue weighted by Gasteiger charge is -2.26. The predicted octanol–water partition coefficient (Wildman–Crippen LogP) is 5.81. The first-order valence-electron chi connectivity index (χ1n) is 14.7. The van der Waals surface area contributed by atoms with Crippen molar-refractivity contribution in [2.45, 2.75) is 39.3 Å². The first kappa shape index (κ1) is 32.7. The van der Waals surface area contributed by atoms with Crippen LogP contribution < -0.4 is 29.1 Å². The molecule has 0 spiro atoms. The Labute approximate surface area is 278 Å². The van der Waals surface area contributed by atoms with E-state index in [9.17, 15) is 14.9 Å². The lowest BCUT2D eigenvalue weighted by Crippen LogP contribution is -2.40. The number of ether oxygens (including phenoxy) is 4. The molecule has 0 N–H and O–H groups in total. The quantitative estimate of drug-likeness (QED) is 0.182. The van der Waals surface area contributed by atoms with Crippen molar-refractivity contribution in [3.8, 4) is 23.3 Å². The molecule has 0 unspecified atom stereocenters. The minimum absolute atomic E-state index is 0.192. The van der Waals surface area contributed by atoms with Crippen LogP contribution in [-0.4, -0.2) is 31.4 Å². The van der Waals surface area contributed by atoms with Crippen molar-refractivity contribution in [2.24, 2.45) is 4.99 Å². The predicted molar refractivity (Wildman–Crippen MR) is 179 cm³/mol. The average Bonchev–Trinajstić information content (AvgIpc) is 3.37. The van der Waals surface area contributed by atoms with Crippen LogP contribution in [0.15, 0.2) is 86.2 Å². The van der Waals surface area contributed by atoms with Crippen molar-refractivity contribution < 1.29 is 23.7 Å². The molecule has 2 heterocycles. The highest BCUT2D eigenvalue weighted by atomic mass is 79.9. The third-order valence-corrected chi connectivity index (χ3v) is 8.99. The van der Waals surface area contributed by atoms with Gasteiger partial charge in [0.05, 0.1) is 58.8 Å². The van der Waals surface area contributed by atoms with Crippen LogP contribution >= 0.6 is 27.3 Å². The molecule has 0 fully saturated rings. The van der Waals surface area contributed by atoms with Gasteiger partial charge in [0, 0.05) is 5.56 Å². The van der Waals surface area contributed by atoms with Crippen molar-refractivity contribution >= 4 is 39.3 Å². The summed E-state index contributed by atoms with van der Waals surface area (Å²) in [6.45, 7) is 4.16. The lowest BCUT2D eigenvalue weighted by atomic mass is 9.94. The molecule has 1 aliphatic heterocycles. The van der Waals surface area contributed by atoms with Gasteiger partial charge in [-0.2, -0.15) is 5.26 Å². The molecule has 3 aromatic carbocycles. The molecule has 1 aromatic heterocycles. The summed E-state index contributed by atoms with van der Waals surface area (Å²) in [5, 5.41) is 9.40. The van der Waals surface area contributed by atoms with Crippen molar-refractivity contribution in [1.29, 1.82) is 5.26 Å². The maximum Gasteiger partial charge on any atom is 0.338 e. The van der Waals surface area contributed by atoms with Gasteiger partial charge in [-0.15, -0.1) is 0 Å². The van der Waals surface area contributed by atoms with E-state index in [-0.39, 0.29) is 18.8 Å². The van der Waals surface area contributed by atoms with Gasteiger partial charge in [0.1, 0.15) is 12.4 Å². The number of allylic oxidation sites excluding steroid dienone is 1. The minimum atomic E-state index is -0.747. The van der Waals surface area contributed by atoms with E-state index in [0.29, 0.717) is 65.4 Å². The number of thiazole rings is 1. The van der Waals surface area contributed by atoms with E-state index < -0.39 is 12.0 Å². The molecule has 0 amide bonds. The molecule has 0 radical (unpaired) electrons. The lowest BCUT2D eigenvalue weighted by molar-refractivity contribution is -0.139. The molecule has 0 aliphatic carbocycles. The monoisotopic (exact) mass is 701 g/mol. The molecule has 9 nitrogen and oxygen atoms in total. The van der Waals surface area contributed by atoms with Gasteiger partial charge >= 0.3 is 5.97 Å². The molecule has 1 atom stereocenters. The van der Waals surface area contributed by atoms with Crippen LogP contribution in [0.1, 0.15) is 55.0 Å². The molecule has 0 bridgehead atoms. The van der Waals surface area contributed by atoms with E-state index in [0.717, 1.165) is 12.0 Å². The Morgan fingerprint density at radius 2 is 1.83 bits per heavy atom. The number of carbonyl (C=O) groups excluding carboxylic acids is 1. The first-order chi connectivity index (χ1) is 22.3. The summed E-state index contributed by atoms with van der Waals surface area (Å²) in [7, 11) is 3.12. The zero-order valence-corrected chi connectivity index (χ0v) is 28.2. The Balaban J connectivity index is 1.59. The van der Waals surface area contributed by atoms with Crippen LogP contribution in [0.5, 0.6) is 17.2 Å². The summed E-state index contributed by atoms with van der Waals surface area (Å²) in [6.07, 6.45) is 3.08. The van der Waals surface area contributed by atoms with Crippen LogP contribution in [0.25, 0.3) is 6.08 Å². The first-order valence-corrected chi connectivity index (χ1v) is 16.3. The van der Waals surface area contributed by atoms with E-state index in [2.05, 4.69) is 22.0 Å². The van der Waals surface area contributed by atoms with Gasteiger partial charge in [0.2, 0.25) is 0 Å². The number of carbonyl (C=O) groups is 1. The molecule has 11 heteroatoms. The van der Waals surface area contributed by atoms with Gasteiger partial charge in [0.25, 0.3) is 5.56 Å². The molecular weight excluding hydrogens is 670 g/mol. The number of rotatable bonds is 11. The van der Waals surface area contributed by atoms with Gasteiger partial charge in [-0.05, 0) is 76.8 Å². The summed E-state index contributed by atoms with van der Waals surface area (Å²) in [4.78, 5) is 32.9. The fraction of sp³-hybridized carbons (Fsp3) is 0.257. The van der Waals surface area contributed by atoms with E-state index in [4.69, 9.17) is 23.9 Å². The number of benzene rings is 3. The smallest absolute Gasteiger partial charge is 0.338 e. The molecule has 1 aliphatic rings. The normalized spacial score (nSPS) is 14.3. The second-order valence-electron chi connectivity index (χ2n) is 10.3. The van der Waals surface area contributed by atoms with Crippen molar-refractivity contribution in [3.63, 3.8) is 0 Å². The third-order valence-electron chi connectivity index (χ3n) is 7.39. The van der Waals surface area contributed by atoms with Crippen molar-refractivity contribution in [3.05, 3.63) is 118 Å². The van der Waals surface area contributed by atoms with E-state index in [1.54, 1.807) is 56.1 Å². The Kier molecular flexibility index (Phi) is 10.4. The van der Waals surface area contributed by atoms with Crippen LogP contribution in [0.4, 0.5) is 0 Å². The minimum Gasteiger partial charge on any atom is -0.496 e. The summed E-state index contributed by atoms with van der Waals surface area (Å²) < 4.78 is 25.2. The molecule has 46 heavy (non-hydrogen) atoms. The highest BCUT2D eigenvalue weighted by molar-refractivity contribution is 9.10. The largest absolute Gasteiger partial charge is 0.496 e. The van der Waals surface area contributed by atoms with Crippen LogP contribution in [0.3, 0.4) is 0 Å². The van der Waals surface area contributed by atoms with Crippen molar-refractivity contribution in [1.82, 2.24) is 4.57 Å². The zero-order chi connectivity index (χ0) is 32.8. The molecular formula is C35H32BrN3O6S. The fourth-order valence-electron chi connectivity index (χ4n) is 5.24. The number of hydrogen-bond acceptors (Lipinski definition) is 9. The Morgan fingerprint density at radius 3 is 2.52 bits per heavy atom. The number of esters is 1. The molecule has 236 valence electrons. The van der Waals surface area contributed by atoms with Crippen LogP contribution in [0.2, 0.25) is 0 Å². The van der Waals surface area contributed by atoms with Crippen LogP contribution in [0, 0.1) is 11.3 Å². The molecule has 0 saturated heterocycles. The number of fused-ring (bicyclic) bond motifs is 1. The van der Waals surface area contributed by atoms with E-state index in [1.807, 2.05) is 43.3 Å². The molecule has 5 rings (SSSR count). The van der Waals surface area contributed by atoms with Gasteiger partial charge in [-0.3, -0.25) is 9.36 Å². The second-order valence-corrected chi connectivity index (χ2v) is 12.1. The third kappa shape index (κ3) is 6.64. The standard InChI is InChI=1S/C35H32BrN3O6S/c1-5-9-26-31(34(41)44-6-2)32(22-13-15-27(42-3)25(36)18-22)39-33(40)30(46-35(39)38-26)17-21-12-14-28(29(16-21)43-4)45-20-24-11-8-7-10-23(24)19-37/h7-8,10-18,32H,5-6,9,20H2,1-4H3/b30-17+/t32-/m1/s1. The van der Waals surface area contributed by atoms with E-state index >= 15 is 0 Å². The summed E-state index contributed by atoms with van der Waals surface area (Å²) in [6, 6.07) is 19.6. The second kappa shape index (κ2) is 14.6. The molecule has 4 aromatic rings. The van der Waals surface area contributed by atoms with E-state index in [1.165, 1.54) is 11.3 Å². The summed E-state index contributed by atoms with van der Waals surface area (Å²) in [5.74, 6) is 1.11. The van der Waals surface area contributed by atoms with Gasteiger partial charge in [0.15, 0.2) is 16.3 Å². The highest BCUT2D eigenvalue weighted by Gasteiger charge is 2.34. The Hall–Kier alpha value is -4.66. The zero-order valence-electron chi connectivity index (χ0n) is 25.8. The van der Waals surface area contributed by atoms with Crippen LogP contribution in [-0.2, 0) is 16.1 Å². The fourth-order valence-corrected chi connectivity index (χ4v) is 6.82. The number of nitriles is 1. The van der Waals surface area contributed by atoms with Gasteiger partial charge in [-0.25, -0.2) is 9.79 Å². The average molecular weight is 703 g/mol. The molecule has 0 saturated carbocycles. The maximum absolute atomic E-state index is 14.1. The van der Waals surface area contributed by atoms with Gasteiger partial charge in [-0.1, -0.05) is 55.0 Å². The summed E-state index contributed by atoms with van der Waals surface area (Å²) >= 11 is 4.81. The number of aromatic nitrogens is 1. The number of methoxy groups -OCH3 is 2.